The second-order valence-corrected chi connectivity index (χ2v) is 2.65. The van der Waals surface area contributed by atoms with Crippen molar-refractivity contribution in [3.8, 4) is 5.88 Å². The maximum atomic E-state index is 5.63. The summed E-state index contributed by atoms with van der Waals surface area (Å²) in [5.74, 6) is 0.499. The monoisotopic (exact) mass is 199 g/mol. The first-order chi connectivity index (χ1) is 6.22. The zero-order valence-electron chi connectivity index (χ0n) is 7.20. The van der Waals surface area contributed by atoms with E-state index in [1.165, 1.54) is 6.07 Å². The number of anilines is 1. The molecular formula is C8H10ClN3O. The summed E-state index contributed by atoms with van der Waals surface area (Å²) in [5.41, 5.74) is 5.36. The number of hydrogen-bond donors (Lipinski definition) is 1. The zero-order valence-corrected chi connectivity index (χ0v) is 7.95. The Hall–Kier alpha value is -1.29. The van der Waals surface area contributed by atoms with Crippen LogP contribution in [-0.2, 0) is 0 Å². The molecule has 0 amide bonds. The van der Waals surface area contributed by atoms with Gasteiger partial charge in [0.1, 0.15) is 11.8 Å². The van der Waals surface area contributed by atoms with Gasteiger partial charge in [0.05, 0.1) is 0 Å². The van der Waals surface area contributed by atoms with Gasteiger partial charge in [0.25, 0.3) is 0 Å². The standard InChI is InChI=1S/C8H10ClN3O/c1-2-3-4-13-7-5-6(9)11-8(10)12-7/h2-3,5H,4H2,1H3,(H2,10,11,12)/b3-2+. The van der Waals surface area contributed by atoms with E-state index in [0.717, 1.165) is 0 Å². The molecule has 0 saturated carbocycles. The highest BCUT2D eigenvalue weighted by Gasteiger charge is 1.99. The Balaban J connectivity index is 2.66. The van der Waals surface area contributed by atoms with E-state index in [1.54, 1.807) is 0 Å². The summed E-state index contributed by atoms with van der Waals surface area (Å²) in [5, 5.41) is 0.281. The van der Waals surface area contributed by atoms with Crippen molar-refractivity contribution in [3.05, 3.63) is 23.4 Å². The van der Waals surface area contributed by atoms with Crippen molar-refractivity contribution in [2.24, 2.45) is 0 Å². The van der Waals surface area contributed by atoms with Crippen molar-refractivity contribution < 1.29 is 4.74 Å². The molecule has 0 aliphatic rings. The number of hydrogen-bond acceptors (Lipinski definition) is 4. The highest BCUT2D eigenvalue weighted by atomic mass is 35.5. The van der Waals surface area contributed by atoms with Crippen LogP contribution < -0.4 is 10.5 Å². The molecule has 1 rings (SSSR count). The predicted octanol–water partition coefficient (Wildman–Crippen LogP) is 1.67. The first kappa shape index (κ1) is 9.80. The maximum absolute atomic E-state index is 5.63. The molecule has 0 fully saturated rings. The summed E-state index contributed by atoms with van der Waals surface area (Å²) in [7, 11) is 0. The molecule has 0 bridgehead atoms. The lowest BCUT2D eigenvalue weighted by Gasteiger charge is -2.02. The molecule has 4 nitrogen and oxygen atoms in total. The van der Waals surface area contributed by atoms with E-state index in [2.05, 4.69) is 9.97 Å². The van der Waals surface area contributed by atoms with E-state index in [0.29, 0.717) is 12.5 Å². The number of nitrogen functional groups attached to an aromatic ring is 1. The number of nitrogens with two attached hydrogens (primary N) is 1. The second kappa shape index (κ2) is 4.67. The Kier molecular flexibility index (Phi) is 3.52. The minimum Gasteiger partial charge on any atom is -0.473 e. The van der Waals surface area contributed by atoms with E-state index < -0.39 is 0 Å². The fourth-order valence-electron chi connectivity index (χ4n) is 0.717. The van der Waals surface area contributed by atoms with Gasteiger partial charge in [-0.25, -0.2) is 4.98 Å². The number of halogens is 1. The third-order valence-electron chi connectivity index (χ3n) is 1.25. The summed E-state index contributed by atoms with van der Waals surface area (Å²) in [4.78, 5) is 7.53. The van der Waals surface area contributed by atoms with Gasteiger partial charge in [-0.05, 0) is 6.92 Å². The van der Waals surface area contributed by atoms with Crippen LogP contribution in [0.2, 0.25) is 5.15 Å². The highest BCUT2D eigenvalue weighted by molar-refractivity contribution is 6.29. The Labute approximate surface area is 81.4 Å². The molecule has 5 heteroatoms. The van der Waals surface area contributed by atoms with Gasteiger partial charge in [-0.15, -0.1) is 0 Å². The number of ether oxygens (including phenoxy) is 1. The molecule has 2 N–H and O–H groups in total. The van der Waals surface area contributed by atoms with Crippen molar-refractivity contribution in [1.29, 1.82) is 0 Å². The van der Waals surface area contributed by atoms with Gasteiger partial charge in [0, 0.05) is 6.07 Å². The molecule has 0 aromatic carbocycles. The molecule has 0 unspecified atom stereocenters. The molecule has 13 heavy (non-hydrogen) atoms. The molecule has 0 atom stereocenters. The van der Waals surface area contributed by atoms with Gasteiger partial charge in [-0.2, -0.15) is 4.98 Å². The van der Waals surface area contributed by atoms with Gasteiger partial charge in [0.2, 0.25) is 11.8 Å². The Bertz CT molecular complexity index is 294. The first-order valence-electron chi connectivity index (χ1n) is 3.76. The fraction of sp³-hybridized carbons (Fsp3) is 0.250. The third-order valence-corrected chi connectivity index (χ3v) is 1.45. The number of allylic oxidation sites excluding steroid dienone is 1. The smallest absolute Gasteiger partial charge is 0.224 e. The first-order valence-corrected chi connectivity index (χ1v) is 4.14. The third kappa shape index (κ3) is 3.29. The molecule has 70 valence electrons. The van der Waals surface area contributed by atoms with Crippen LogP contribution >= 0.6 is 11.6 Å². The topological polar surface area (TPSA) is 61.0 Å². The average molecular weight is 200 g/mol. The van der Waals surface area contributed by atoms with Gasteiger partial charge in [-0.3, -0.25) is 0 Å². The lowest BCUT2D eigenvalue weighted by molar-refractivity contribution is 0.348. The van der Waals surface area contributed by atoms with Crippen LogP contribution in [0.15, 0.2) is 18.2 Å². The van der Waals surface area contributed by atoms with Crippen LogP contribution in [0.25, 0.3) is 0 Å². The molecule has 0 spiro atoms. The van der Waals surface area contributed by atoms with Gasteiger partial charge >= 0.3 is 0 Å². The van der Waals surface area contributed by atoms with Gasteiger partial charge < -0.3 is 10.5 Å². The van der Waals surface area contributed by atoms with Gasteiger partial charge in [-0.1, -0.05) is 23.8 Å². The number of rotatable bonds is 3. The molecule has 0 aliphatic carbocycles. The molecule has 0 saturated heterocycles. The normalized spacial score (nSPS) is 10.6. The average Bonchev–Trinajstić information content (AvgIpc) is 2.03. The lowest BCUT2D eigenvalue weighted by Crippen LogP contribution is -2.00. The summed E-state index contributed by atoms with van der Waals surface area (Å²) in [6.07, 6.45) is 3.73. The van der Waals surface area contributed by atoms with E-state index in [9.17, 15) is 0 Å². The molecular weight excluding hydrogens is 190 g/mol. The molecule has 1 aromatic heterocycles. The molecule has 0 radical (unpaired) electrons. The van der Waals surface area contributed by atoms with Gasteiger partial charge in [0.15, 0.2) is 0 Å². The van der Waals surface area contributed by atoms with Crippen molar-refractivity contribution in [2.45, 2.75) is 6.92 Å². The maximum Gasteiger partial charge on any atom is 0.224 e. The Morgan fingerprint density at radius 2 is 2.38 bits per heavy atom. The fourth-order valence-corrected chi connectivity index (χ4v) is 0.897. The van der Waals surface area contributed by atoms with Crippen molar-refractivity contribution in [1.82, 2.24) is 9.97 Å². The Morgan fingerprint density at radius 1 is 1.62 bits per heavy atom. The van der Waals surface area contributed by atoms with Crippen LogP contribution in [0.4, 0.5) is 5.95 Å². The van der Waals surface area contributed by atoms with Crippen molar-refractivity contribution >= 4 is 17.5 Å². The minimum atomic E-state index is 0.114. The quantitative estimate of drug-likeness (QED) is 0.594. The van der Waals surface area contributed by atoms with Crippen molar-refractivity contribution in [2.75, 3.05) is 12.3 Å². The van der Waals surface area contributed by atoms with Crippen LogP contribution in [0.3, 0.4) is 0 Å². The molecule has 1 aromatic rings. The van der Waals surface area contributed by atoms with Crippen LogP contribution in [0, 0.1) is 0 Å². The highest BCUT2D eigenvalue weighted by Crippen LogP contribution is 2.14. The van der Waals surface area contributed by atoms with Crippen LogP contribution in [-0.4, -0.2) is 16.6 Å². The van der Waals surface area contributed by atoms with Crippen LogP contribution in [0.1, 0.15) is 6.92 Å². The summed E-state index contributed by atoms with van der Waals surface area (Å²) >= 11 is 5.63. The number of nitrogens with zero attached hydrogens (tertiary/aromatic N) is 2. The SMILES string of the molecule is C/C=C/COc1cc(Cl)nc(N)n1. The number of aromatic nitrogens is 2. The van der Waals surface area contributed by atoms with Crippen LogP contribution in [0.5, 0.6) is 5.88 Å². The van der Waals surface area contributed by atoms with E-state index in [-0.39, 0.29) is 11.1 Å². The lowest BCUT2D eigenvalue weighted by atomic mass is 10.5. The largest absolute Gasteiger partial charge is 0.473 e. The summed E-state index contributed by atoms with van der Waals surface area (Å²) in [6, 6.07) is 1.52. The van der Waals surface area contributed by atoms with E-state index in [4.69, 9.17) is 22.1 Å². The van der Waals surface area contributed by atoms with E-state index >= 15 is 0 Å². The zero-order chi connectivity index (χ0) is 9.68. The minimum absolute atomic E-state index is 0.114. The predicted molar refractivity (Wildman–Crippen MR) is 51.8 cm³/mol. The summed E-state index contributed by atoms with van der Waals surface area (Å²) in [6.45, 7) is 2.36. The van der Waals surface area contributed by atoms with Crippen molar-refractivity contribution in [3.63, 3.8) is 0 Å². The summed E-state index contributed by atoms with van der Waals surface area (Å²) < 4.78 is 5.21. The van der Waals surface area contributed by atoms with E-state index in [1.807, 2.05) is 19.1 Å². The molecule has 0 aliphatic heterocycles. The Morgan fingerprint density at radius 3 is 3.00 bits per heavy atom. The molecule has 1 heterocycles. The second-order valence-electron chi connectivity index (χ2n) is 2.27.